The average Bonchev–Trinajstić information content (AvgIpc) is 3.85. The Morgan fingerprint density at radius 1 is 0.610 bits per heavy atom. The summed E-state index contributed by atoms with van der Waals surface area (Å²) in [5, 5.41) is 3.54. The van der Waals surface area contributed by atoms with Gasteiger partial charge in [0.1, 0.15) is 0 Å². The first kappa shape index (κ1) is 42.1. The van der Waals surface area contributed by atoms with Crippen molar-refractivity contribution in [1.82, 2.24) is 4.90 Å². The van der Waals surface area contributed by atoms with Crippen molar-refractivity contribution in [2.24, 2.45) is 0 Å². The van der Waals surface area contributed by atoms with E-state index in [9.17, 15) is 0 Å². The molecule has 59 heavy (non-hydrogen) atoms. The molecule has 1 heterocycles. The highest BCUT2D eigenvalue weighted by molar-refractivity contribution is 5.96. The fraction of sp³-hybridized carbons (Fsp3) is 0.200. The summed E-state index contributed by atoms with van der Waals surface area (Å²) >= 11 is 0. The number of para-hydroxylation sites is 1. The summed E-state index contributed by atoms with van der Waals surface area (Å²) in [6.07, 6.45) is 8.83. The minimum atomic E-state index is -0.311. The molecule has 0 radical (unpaired) electrons. The summed E-state index contributed by atoms with van der Waals surface area (Å²) in [4.78, 5) is 2.47. The molecule has 0 aromatic heterocycles. The molecule has 0 atom stereocenters. The number of fused-ring (bicyclic) bond motifs is 5. The second-order valence-corrected chi connectivity index (χ2v) is 14.5. The average molecular weight is 775 g/mol. The summed E-state index contributed by atoms with van der Waals surface area (Å²) in [6, 6.07) is 56.7. The molecule has 6 aromatic carbocycles. The van der Waals surface area contributed by atoms with Gasteiger partial charge in [0.05, 0.1) is 5.41 Å². The molecule has 0 spiro atoms. The van der Waals surface area contributed by atoms with E-state index in [-0.39, 0.29) is 5.41 Å². The first-order chi connectivity index (χ1) is 29.1. The molecular weight excluding hydrogens is 717 g/mol. The zero-order valence-corrected chi connectivity index (χ0v) is 35.4. The molecule has 0 unspecified atom stereocenters. The first-order valence-corrected chi connectivity index (χ1v) is 21.2. The molecule has 10 rings (SSSR count). The highest BCUT2D eigenvalue weighted by Crippen LogP contribution is 2.58. The molecule has 0 bridgehead atoms. The third-order valence-corrected chi connectivity index (χ3v) is 11.6. The van der Waals surface area contributed by atoms with E-state index in [1.165, 1.54) is 78.2 Å². The quantitative estimate of drug-likeness (QED) is 0.156. The molecule has 6 aromatic rings. The van der Waals surface area contributed by atoms with Gasteiger partial charge in [0.15, 0.2) is 0 Å². The molecule has 0 amide bonds. The Balaban J connectivity index is 0.000000192. The molecule has 4 aliphatic rings. The van der Waals surface area contributed by atoms with Crippen LogP contribution in [0, 0.1) is 11.1 Å². The summed E-state index contributed by atoms with van der Waals surface area (Å²) in [7, 11) is 2.25. The van der Waals surface area contributed by atoms with E-state index in [0.29, 0.717) is 0 Å². The summed E-state index contributed by atoms with van der Waals surface area (Å²) in [6.45, 7) is 13.7. The number of hydrogen-bond acceptors (Lipinski definition) is 4. The minimum Gasteiger partial charge on any atom is -0.377 e. The van der Waals surface area contributed by atoms with Gasteiger partial charge >= 0.3 is 0 Å². The van der Waals surface area contributed by atoms with Gasteiger partial charge in [-0.25, -0.2) is 11.1 Å². The molecule has 0 saturated heterocycles. The Kier molecular flexibility index (Phi) is 14.1. The maximum absolute atomic E-state index is 5.00. The Morgan fingerprint density at radius 3 is 1.83 bits per heavy atom. The lowest BCUT2D eigenvalue weighted by molar-refractivity contribution is 0.394. The highest BCUT2D eigenvalue weighted by Gasteiger charge is 2.48. The van der Waals surface area contributed by atoms with E-state index in [0.717, 1.165) is 37.9 Å². The van der Waals surface area contributed by atoms with E-state index in [1.807, 2.05) is 33.8 Å². The van der Waals surface area contributed by atoms with E-state index < -0.39 is 0 Å². The smallest absolute Gasteiger partial charge is 0.0677 e. The highest BCUT2D eigenvalue weighted by atomic mass is 15.1. The van der Waals surface area contributed by atoms with Gasteiger partial charge in [-0.2, -0.15) is 0 Å². The lowest BCUT2D eigenvalue weighted by Gasteiger charge is -2.38. The van der Waals surface area contributed by atoms with Crippen molar-refractivity contribution in [2.45, 2.75) is 58.8 Å². The molecule has 4 nitrogen and oxygen atoms in total. The van der Waals surface area contributed by atoms with Crippen LogP contribution in [0.1, 0.15) is 80.3 Å². The molecule has 0 fully saturated rings. The largest absolute Gasteiger partial charge is 0.377 e. The molecule has 4 heteroatoms. The predicted molar refractivity (Wildman–Crippen MR) is 250 cm³/mol. The number of nitrogens with one attached hydrogen (secondary N) is 3. The Morgan fingerprint density at radius 2 is 1.17 bits per heavy atom. The number of benzene rings is 6. The third-order valence-electron chi connectivity index (χ3n) is 11.6. The van der Waals surface area contributed by atoms with Gasteiger partial charge in [-0.3, -0.25) is 0 Å². The zero-order valence-electron chi connectivity index (χ0n) is 35.4. The van der Waals surface area contributed by atoms with Crippen LogP contribution in [0.2, 0.25) is 0 Å². The molecule has 0 saturated carbocycles. The second-order valence-electron chi connectivity index (χ2n) is 14.5. The number of hydrogen-bond donors (Lipinski definition) is 3. The van der Waals surface area contributed by atoms with Crippen molar-refractivity contribution in [3.8, 4) is 11.1 Å². The summed E-state index contributed by atoms with van der Waals surface area (Å²) < 4.78 is 0. The number of allylic oxidation sites excluding steroid dienone is 6. The van der Waals surface area contributed by atoms with Crippen molar-refractivity contribution < 1.29 is 0 Å². The van der Waals surface area contributed by atoms with Gasteiger partial charge in [0.2, 0.25) is 0 Å². The van der Waals surface area contributed by atoms with E-state index in [2.05, 4.69) is 181 Å². The van der Waals surface area contributed by atoms with E-state index >= 15 is 0 Å². The molecular formula is C55H58N4. The molecule has 298 valence electrons. The zero-order chi connectivity index (χ0) is 41.8. The van der Waals surface area contributed by atoms with Crippen LogP contribution in [0.4, 0.5) is 11.4 Å². The van der Waals surface area contributed by atoms with Crippen LogP contribution in [-0.2, 0) is 11.8 Å². The number of rotatable bonds is 4. The van der Waals surface area contributed by atoms with E-state index in [1.54, 1.807) is 0 Å². The van der Waals surface area contributed by atoms with Gasteiger partial charge in [-0.1, -0.05) is 186 Å². The van der Waals surface area contributed by atoms with Crippen molar-refractivity contribution in [1.29, 1.82) is 11.1 Å². The lowest BCUT2D eigenvalue weighted by Crippen LogP contribution is -2.32. The van der Waals surface area contributed by atoms with Crippen LogP contribution >= 0.6 is 0 Å². The summed E-state index contributed by atoms with van der Waals surface area (Å²) in [5.74, 6) is 0. The maximum atomic E-state index is 5.00. The first-order valence-electron chi connectivity index (χ1n) is 21.2. The Hall–Kier alpha value is -6.52. The lowest BCUT2D eigenvalue weighted by atomic mass is 9.66. The van der Waals surface area contributed by atoms with Crippen molar-refractivity contribution >= 4 is 16.9 Å². The van der Waals surface area contributed by atoms with Crippen LogP contribution in [-0.4, -0.2) is 18.5 Å². The van der Waals surface area contributed by atoms with Crippen LogP contribution in [0.5, 0.6) is 0 Å². The number of anilines is 2. The van der Waals surface area contributed by atoms with Crippen LogP contribution in [0.25, 0.3) is 16.7 Å². The Bertz CT molecular complexity index is 2400. The van der Waals surface area contributed by atoms with Gasteiger partial charge < -0.3 is 10.2 Å². The van der Waals surface area contributed by atoms with E-state index in [4.69, 9.17) is 17.6 Å². The Labute approximate surface area is 352 Å². The van der Waals surface area contributed by atoms with Gasteiger partial charge in [0, 0.05) is 42.7 Å². The number of nitrogens with zero attached hydrogens (tertiary/aromatic N) is 1. The third kappa shape index (κ3) is 8.00. The van der Waals surface area contributed by atoms with Gasteiger partial charge in [-0.05, 0) is 98.7 Å². The monoisotopic (exact) mass is 774 g/mol. The molecule has 1 aliphatic heterocycles. The van der Waals surface area contributed by atoms with Crippen LogP contribution < -0.4 is 5.32 Å². The van der Waals surface area contributed by atoms with Crippen molar-refractivity contribution in [3.05, 3.63) is 232 Å². The molecule has 3 N–H and O–H groups in total. The second kappa shape index (κ2) is 19.8. The molecule has 3 aliphatic carbocycles. The van der Waals surface area contributed by atoms with Crippen LogP contribution in [0.15, 0.2) is 199 Å². The van der Waals surface area contributed by atoms with Crippen molar-refractivity contribution in [3.63, 3.8) is 0 Å². The minimum absolute atomic E-state index is 0.311. The van der Waals surface area contributed by atoms with Crippen LogP contribution in [0.3, 0.4) is 0 Å². The van der Waals surface area contributed by atoms with Gasteiger partial charge in [0.25, 0.3) is 0 Å². The topological polar surface area (TPSA) is 63.0 Å². The normalized spacial score (nSPS) is 14.9. The maximum Gasteiger partial charge on any atom is 0.0677 e. The fourth-order valence-corrected chi connectivity index (χ4v) is 9.22. The summed E-state index contributed by atoms with van der Waals surface area (Å²) in [5.41, 5.74) is 29.7. The fourth-order valence-electron chi connectivity index (χ4n) is 9.22. The predicted octanol–water partition coefficient (Wildman–Crippen LogP) is 14.9. The van der Waals surface area contributed by atoms with Crippen molar-refractivity contribution in [2.75, 3.05) is 18.9 Å². The SMILES string of the molecule is C=C1C2=C(CCC=C2)N(C)CCC2=C1c1ccccc1C2(c1ccccc1)c1ccccc1.CC.CC.N=N.c1ccc(Nc2cccc3c2Cc2ccccc2-3)cc1. The standard InChI is InChI=1S/C32H29N.C19H15N.2C2H6.H2N2/c1-23-26-17-10-12-20-30(26)33(2)22-21-29-31(23)27-18-9-11-19-28(27)32(29,24-13-5-3-6-14-24)25-15-7-4-8-16-25;1-2-8-15(9-3-1)20-19-12-6-11-17-16-10-5-4-7-14(16)13-18(17)19;3*1-2/h3-11,13-19H,1,12,20-22H2,2H3;1-12,20H,13H2;2*1-2H3;1-2H. The van der Waals surface area contributed by atoms with Gasteiger partial charge in [-0.15, -0.1) is 0 Å².